The number of carbonyl (C=O) groups excluding carboxylic acids is 1. The van der Waals surface area contributed by atoms with Gasteiger partial charge in [0.1, 0.15) is 0 Å². The maximum Gasteiger partial charge on any atom is 0.372 e. The molecule has 0 aromatic carbocycles. The molecular weight excluding hydrogens is 164 g/mol. The number of carboxylic acids is 1. The van der Waals surface area contributed by atoms with E-state index in [1.807, 2.05) is 0 Å². The normalized spacial score (nSPS) is 7.50. The van der Waals surface area contributed by atoms with Crippen molar-refractivity contribution in [3.8, 4) is 0 Å². The van der Waals surface area contributed by atoms with E-state index < -0.39 is 17.7 Å². The number of esters is 1. The fourth-order valence-corrected chi connectivity index (χ4v) is 0.118. The first kappa shape index (κ1) is 13.1. The van der Waals surface area contributed by atoms with Crippen LogP contribution in [0, 0.1) is 6.92 Å². The van der Waals surface area contributed by atoms with Crippen molar-refractivity contribution >= 4 is 11.9 Å². The van der Waals surface area contributed by atoms with Gasteiger partial charge in [0.2, 0.25) is 0 Å². The molecule has 0 aliphatic rings. The highest BCUT2D eigenvalue weighted by Gasteiger charge is 1.99. The lowest BCUT2D eigenvalue weighted by atomic mass is 10.5. The van der Waals surface area contributed by atoms with Crippen LogP contribution in [0.5, 0.6) is 0 Å². The smallest absolute Gasteiger partial charge is 0.372 e. The first-order valence-electron chi connectivity index (χ1n) is 2.92. The zero-order valence-electron chi connectivity index (χ0n) is 6.74. The third-order valence-corrected chi connectivity index (χ3v) is 0.635. The summed E-state index contributed by atoms with van der Waals surface area (Å²) in [5.74, 6) is -2.22. The van der Waals surface area contributed by atoms with Crippen LogP contribution in [0.25, 0.3) is 0 Å². The van der Waals surface area contributed by atoms with Crippen molar-refractivity contribution < 1.29 is 24.5 Å². The Labute approximate surface area is 70.3 Å². The molecule has 0 amide bonds. The minimum Gasteiger partial charge on any atom is -0.502 e. The summed E-state index contributed by atoms with van der Waals surface area (Å²) in [6.07, 6.45) is -0.0278. The Hall–Kier alpha value is -1.52. The van der Waals surface area contributed by atoms with Gasteiger partial charge in [0.15, 0.2) is 5.76 Å². The summed E-state index contributed by atoms with van der Waals surface area (Å²) in [5, 5.41) is 15.8. The van der Waals surface area contributed by atoms with Crippen LogP contribution in [0.1, 0.15) is 6.42 Å². The van der Waals surface area contributed by atoms with Crippen LogP contribution in [0.15, 0.2) is 12.3 Å². The second-order valence-electron chi connectivity index (χ2n) is 1.58. The monoisotopic (exact) mass is 175 g/mol. The summed E-state index contributed by atoms with van der Waals surface area (Å²) in [7, 11) is 1.17. The lowest BCUT2D eigenvalue weighted by Crippen LogP contribution is -2.01. The average molecular weight is 175 g/mol. The van der Waals surface area contributed by atoms with Crippen LogP contribution < -0.4 is 0 Å². The first-order chi connectivity index (χ1) is 5.45. The van der Waals surface area contributed by atoms with Gasteiger partial charge in [-0.3, -0.25) is 4.79 Å². The lowest BCUT2D eigenvalue weighted by Gasteiger charge is -1.90. The average Bonchev–Trinajstić information content (AvgIpc) is 2.04. The summed E-state index contributed by atoms with van der Waals surface area (Å²) in [6, 6.07) is 0. The summed E-state index contributed by atoms with van der Waals surface area (Å²) < 4.78 is 4.02. The zero-order chi connectivity index (χ0) is 10.1. The summed E-state index contributed by atoms with van der Waals surface area (Å²) in [6.45, 7) is 5.99. The molecule has 0 spiro atoms. The lowest BCUT2D eigenvalue weighted by molar-refractivity contribution is -0.139. The van der Waals surface area contributed by atoms with Crippen molar-refractivity contribution in [1.29, 1.82) is 0 Å². The Morgan fingerprint density at radius 3 is 1.75 bits per heavy atom. The van der Waals surface area contributed by atoms with Crippen molar-refractivity contribution in [2.75, 3.05) is 7.11 Å². The quantitative estimate of drug-likeness (QED) is 0.363. The molecule has 0 aromatic heterocycles. The highest BCUT2D eigenvalue weighted by atomic mass is 16.5. The minimum atomic E-state index is -0.856. The summed E-state index contributed by atoms with van der Waals surface area (Å²) in [5.41, 5.74) is 0. The Balaban J connectivity index is 0. The van der Waals surface area contributed by atoms with Gasteiger partial charge in [-0.15, -0.1) is 0 Å². The number of carbonyl (C=O) groups is 2. The van der Waals surface area contributed by atoms with Gasteiger partial charge in [0.05, 0.1) is 7.11 Å². The van der Waals surface area contributed by atoms with Gasteiger partial charge in [-0.05, 0) is 13.5 Å². The van der Waals surface area contributed by atoms with E-state index in [1.54, 1.807) is 0 Å². The van der Waals surface area contributed by atoms with E-state index in [0.29, 0.717) is 0 Å². The molecule has 5 nitrogen and oxygen atoms in total. The molecule has 0 rings (SSSR count). The second-order valence-corrected chi connectivity index (χ2v) is 1.58. The Bertz CT molecular complexity index is 173. The number of aliphatic carboxylic acids is 1. The molecule has 0 aliphatic heterocycles. The number of aliphatic hydroxyl groups is 1. The highest BCUT2D eigenvalue weighted by Crippen LogP contribution is 1.82. The summed E-state index contributed by atoms with van der Waals surface area (Å²) >= 11 is 0. The maximum atomic E-state index is 9.94. The Morgan fingerprint density at radius 1 is 1.42 bits per heavy atom. The van der Waals surface area contributed by atoms with E-state index in [2.05, 4.69) is 18.2 Å². The van der Waals surface area contributed by atoms with E-state index >= 15 is 0 Å². The molecule has 0 atom stereocenters. The molecule has 2 N–H and O–H groups in total. The van der Waals surface area contributed by atoms with Gasteiger partial charge >= 0.3 is 11.9 Å². The molecule has 5 heteroatoms. The van der Waals surface area contributed by atoms with Gasteiger partial charge in [-0.25, -0.2) is 4.79 Å². The molecule has 69 valence electrons. The molecule has 0 aliphatic carbocycles. The van der Waals surface area contributed by atoms with Crippen LogP contribution in [0.2, 0.25) is 0 Å². The molecular formula is C7H11O5. The highest BCUT2D eigenvalue weighted by molar-refractivity contribution is 5.84. The number of rotatable bonds is 2. The fraction of sp³-hybridized carbons (Fsp3) is 0.286. The van der Waals surface area contributed by atoms with Crippen LogP contribution in [0.3, 0.4) is 0 Å². The largest absolute Gasteiger partial charge is 0.502 e. The zero-order valence-corrected chi connectivity index (χ0v) is 6.74. The maximum absolute atomic E-state index is 9.94. The van der Waals surface area contributed by atoms with Crippen molar-refractivity contribution in [3.63, 3.8) is 0 Å². The molecule has 0 bridgehead atoms. The molecule has 0 heterocycles. The van der Waals surface area contributed by atoms with E-state index in [4.69, 9.17) is 10.2 Å². The fourth-order valence-electron chi connectivity index (χ4n) is 0.118. The number of carboxylic acid groups (broad SMARTS) is 1. The third-order valence-electron chi connectivity index (χ3n) is 0.635. The molecule has 0 aromatic rings. The molecule has 1 radical (unpaired) electrons. The van der Waals surface area contributed by atoms with Crippen molar-refractivity contribution in [3.05, 3.63) is 19.3 Å². The Kier molecular flexibility index (Phi) is 8.28. The standard InChI is InChI=1S/C4H6O3.C3H5O2/c1-3(5)4(6)7-2;1-2-3(4)5/h5H,1H2,2H3;1-2H2,(H,4,5). The first-order valence-corrected chi connectivity index (χ1v) is 2.92. The van der Waals surface area contributed by atoms with E-state index in [0.717, 1.165) is 0 Å². The van der Waals surface area contributed by atoms with Gasteiger partial charge in [0, 0.05) is 6.42 Å². The van der Waals surface area contributed by atoms with Crippen molar-refractivity contribution in [2.24, 2.45) is 0 Å². The van der Waals surface area contributed by atoms with Crippen molar-refractivity contribution in [2.45, 2.75) is 6.42 Å². The molecule has 0 saturated heterocycles. The van der Waals surface area contributed by atoms with Gasteiger partial charge < -0.3 is 14.9 Å². The Morgan fingerprint density at radius 2 is 1.75 bits per heavy atom. The summed E-state index contributed by atoms with van der Waals surface area (Å²) in [4.78, 5) is 19.2. The topological polar surface area (TPSA) is 83.8 Å². The number of ether oxygens (including phenoxy) is 1. The van der Waals surface area contributed by atoms with E-state index in [1.165, 1.54) is 7.11 Å². The predicted octanol–water partition coefficient (Wildman–Crippen LogP) is 0.526. The predicted molar refractivity (Wildman–Crippen MR) is 41.4 cm³/mol. The number of hydrogen-bond donors (Lipinski definition) is 2. The van der Waals surface area contributed by atoms with Crippen LogP contribution in [-0.2, 0) is 14.3 Å². The molecule has 12 heavy (non-hydrogen) atoms. The number of methoxy groups -OCH3 is 1. The second kappa shape index (κ2) is 7.59. The van der Waals surface area contributed by atoms with Crippen LogP contribution in [0.4, 0.5) is 0 Å². The van der Waals surface area contributed by atoms with Gasteiger partial charge in [-0.2, -0.15) is 0 Å². The van der Waals surface area contributed by atoms with Gasteiger partial charge in [-0.1, -0.05) is 0 Å². The van der Waals surface area contributed by atoms with Crippen molar-refractivity contribution in [1.82, 2.24) is 0 Å². The molecule has 0 saturated carbocycles. The third kappa shape index (κ3) is 11.3. The molecule has 0 fully saturated rings. The van der Waals surface area contributed by atoms with E-state index in [-0.39, 0.29) is 6.42 Å². The SMILES string of the molecule is C=C(O)C(=O)OC.[CH2]CC(=O)O. The molecule has 0 unspecified atom stereocenters. The number of aliphatic hydroxyl groups excluding tert-OH is 1. The van der Waals surface area contributed by atoms with Crippen LogP contribution >= 0.6 is 0 Å². The van der Waals surface area contributed by atoms with Crippen LogP contribution in [-0.4, -0.2) is 29.3 Å². The number of hydrogen-bond acceptors (Lipinski definition) is 4. The minimum absolute atomic E-state index is 0.0278. The van der Waals surface area contributed by atoms with E-state index in [9.17, 15) is 9.59 Å². The van der Waals surface area contributed by atoms with Gasteiger partial charge in [0.25, 0.3) is 0 Å².